The molecule has 0 bridgehead atoms. The van der Waals surface area contributed by atoms with E-state index in [1.54, 1.807) is 30.9 Å². The van der Waals surface area contributed by atoms with Crippen molar-refractivity contribution in [2.45, 2.75) is 45.6 Å². The van der Waals surface area contributed by atoms with E-state index in [0.717, 1.165) is 12.8 Å². The molecule has 1 aromatic rings. The number of ether oxygens (including phenoxy) is 2. The molecule has 0 N–H and O–H groups in total. The molecule has 0 aliphatic carbocycles. The molecule has 1 heterocycles. The zero-order valence-electron chi connectivity index (χ0n) is 17.8. The predicted octanol–water partition coefficient (Wildman–Crippen LogP) is 2.92. The van der Waals surface area contributed by atoms with Crippen LogP contribution in [-0.2, 0) is 14.3 Å². The first kappa shape index (κ1) is 22.2. The van der Waals surface area contributed by atoms with Gasteiger partial charge in [0.25, 0.3) is 5.91 Å². The molecule has 2 rings (SSSR count). The summed E-state index contributed by atoms with van der Waals surface area (Å²) >= 11 is 0. The first-order valence-electron chi connectivity index (χ1n) is 10.1. The molecular formula is C22H34N2O4. The fourth-order valence-electron chi connectivity index (χ4n) is 3.49. The quantitative estimate of drug-likeness (QED) is 0.685. The number of amides is 2. The second-order valence-corrected chi connectivity index (χ2v) is 7.86. The Morgan fingerprint density at radius 3 is 2.71 bits per heavy atom. The zero-order valence-corrected chi connectivity index (χ0v) is 17.8. The number of hydrogen-bond acceptors (Lipinski definition) is 4. The van der Waals surface area contributed by atoms with Gasteiger partial charge in [-0.2, -0.15) is 0 Å². The molecule has 1 saturated heterocycles. The maximum Gasteiger partial charge on any atom is 0.263 e. The Bertz CT molecular complexity index is 662. The van der Waals surface area contributed by atoms with Crippen LogP contribution in [0.4, 0.5) is 0 Å². The molecule has 6 heteroatoms. The molecule has 1 aliphatic heterocycles. The lowest BCUT2D eigenvalue weighted by molar-refractivity contribution is -0.144. The molecule has 2 amide bonds. The number of benzene rings is 1. The Balaban J connectivity index is 1.95. The van der Waals surface area contributed by atoms with Crippen molar-refractivity contribution in [3.05, 3.63) is 29.8 Å². The summed E-state index contributed by atoms with van der Waals surface area (Å²) in [4.78, 5) is 29.0. The van der Waals surface area contributed by atoms with Crippen molar-refractivity contribution < 1.29 is 19.1 Å². The van der Waals surface area contributed by atoms with Gasteiger partial charge in [0.1, 0.15) is 5.75 Å². The molecule has 0 aromatic heterocycles. The summed E-state index contributed by atoms with van der Waals surface area (Å²) in [6, 6.07) is 7.88. The Kier molecular flexibility index (Phi) is 8.30. The highest BCUT2D eigenvalue weighted by molar-refractivity contribution is 5.83. The zero-order chi connectivity index (χ0) is 20.7. The van der Waals surface area contributed by atoms with Gasteiger partial charge in [-0.05, 0) is 43.4 Å². The maximum atomic E-state index is 12.9. The van der Waals surface area contributed by atoms with E-state index in [4.69, 9.17) is 9.47 Å². The first-order chi connectivity index (χ1) is 13.3. The summed E-state index contributed by atoms with van der Waals surface area (Å²) in [6.07, 6.45) is 1.06. The van der Waals surface area contributed by atoms with Crippen LogP contribution in [0, 0.1) is 5.92 Å². The number of piperidine rings is 1. The minimum absolute atomic E-state index is 0.0630. The average Bonchev–Trinajstić information content (AvgIpc) is 2.71. The second kappa shape index (κ2) is 10.5. The number of likely N-dealkylation sites (tertiary alicyclic amines) is 1. The van der Waals surface area contributed by atoms with Crippen LogP contribution in [0.1, 0.15) is 45.1 Å². The van der Waals surface area contributed by atoms with Gasteiger partial charge in [-0.3, -0.25) is 9.59 Å². The summed E-state index contributed by atoms with van der Waals surface area (Å²) in [5.74, 6) is 0.963. The van der Waals surface area contributed by atoms with Gasteiger partial charge in [0.15, 0.2) is 6.10 Å². The predicted molar refractivity (Wildman–Crippen MR) is 109 cm³/mol. The number of rotatable bonds is 8. The van der Waals surface area contributed by atoms with Crippen LogP contribution in [-0.4, -0.2) is 68.1 Å². The first-order valence-corrected chi connectivity index (χ1v) is 10.1. The van der Waals surface area contributed by atoms with E-state index >= 15 is 0 Å². The number of carbonyl (C=O) groups excluding carboxylic acids is 2. The van der Waals surface area contributed by atoms with Crippen LogP contribution < -0.4 is 4.74 Å². The Hall–Kier alpha value is -2.08. The van der Waals surface area contributed by atoms with Gasteiger partial charge in [0.05, 0.1) is 12.5 Å². The van der Waals surface area contributed by atoms with E-state index in [1.165, 1.54) is 5.56 Å². The van der Waals surface area contributed by atoms with Crippen LogP contribution in [0.5, 0.6) is 5.75 Å². The lowest BCUT2D eigenvalue weighted by Gasteiger charge is -2.35. The number of carbonyl (C=O) groups is 2. The van der Waals surface area contributed by atoms with Gasteiger partial charge in [-0.15, -0.1) is 0 Å². The molecule has 0 saturated carbocycles. The van der Waals surface area contributed by atoms with E-state index in [0.29, 0.717) is 37.9 Å². The number of hydrogen-bond donors (Lipinski definition) is 0. The fraction of sp³-hybridized carbons (Fsp3) is 0.636. The molecule has 0 radical (unpaired) electrons. The topological polar surface area (TPSA) is 59.1 Å². The van der Waals surface area contributed by atoms with E-state index in [2.05, 4.69) is 19.9 Å². The molecule has 156 valence electrons. The van der Waals surface area contributed by atoms with Crippen LogP contribution >= 0.6 is 0 Å². The summed E-state index contributed by atoms with van der Waals surface area (Å²) < 4.78 is 11.0. The smallest absolute Gasteiger partial charge is 0.263 e. The molecule has 1 aliphatic rings. The van der Waals surface area contributed by atoms with Crippen LogP contribution in [0.3, 0.4) is 0 Å². The Morgan fingerprint density at radius 1 is 1.29 bits per heavy atom. The summed E-state index contributed by atoms with van der Waals surface area (Å²) in [6.45, 7) is 8.23. The third-order valence-electron chi connectivity index (χ3n) is 5.27. The molecule has 0 unspecified atom stereocenters. The van der Waals surface area contributed by atoms with Crippen molar-refractivity contribution >= 4 is 11.8 Å². The molecular weight excluding hydrogens is 356 g/mol. The van der Waals surface area contributed by atoms with Crippen LogP contribution in [0.2, 0.25) is 0 Å². The normalized spacial score (nSPS) is 18.1. The average molecular weight is 391 g/mol. The van der Waals surface area contributed by atoms with Crippen LogP contribution in [0.25, 0.3) is 0 Å². The minimum atomic E-state index is -0.581. The van der Waals surface area contributed by atoms with Crippen molar-refractivity contribution in [1.29, 1.82) is 0 Å². The van der Waals surface area contributed by atoms with E-state index in [1.807, 2.05) is 18.2 Å². The molecule has 28 heavy (non-hydrogen) atoms. The van der Waals surface area contributed by atoms with E-state index < -0.39 is 6.10 Å². The summed E-state index contributed by atoms with van der Waals surface area (Å²) in [5, 5.41) is 0. The van der Waals surface area contributed by atoms with Gasteiger partial charge in [0, 0.05) is 33.8 Å². The molecule has 1 aromatic carbocycles. The Labute approximate surface area is 168 Å². The van der Waals surface area contributed by atoms with Crippen molar-refractivity contribution in [1.82, 2.24) is 9.80 Å². The largest absolute Gasteiger partial charge is 0.481 e. The number of likely N-dealkylation sites (N-methyl/N-ethyl adjacent to an activating group) is 1. The monoisotopic (exact) mass is 390 g/mol. The van der Waals surface area contributed by atoms with E-state index in [9.17, 15) is 9.59 Å². The highest BCUT2D eigenvalue weighted by atomic mass is 16.5. The summed E-state index contributed by atoms with van der Waals surface area (Å²) in [5.41, 5.74) is 1.18. The minimum Gasteiger partial charge on any atom is -0.481 e. The molecule has 1 fully saturated rings. The lowest BCUT2D eigenvalue weighted by atomic mass is 9.96. The third kappa shape index (κ3) is 5.96. The van der Waals surface area contributed by atoms with Crippen molar-refractivity contribution in [3.63, 3.8) is 0 Å². The third-order valence-corrected chi connectivity index (χ3v) is 5.27. The van der Waals surface area contributed by atoms with Crippen LogP contribution in [0.15, 0.2) is 24.3 Å². The van der Waals surface area contributed by atoms with Crippen molar-refractivity contribution in [2.75, 3.05) is 40.4 Å². The molecule has 6 nitrogen and oxygen atoms in total. The van der Waals surface area contributed by atoms with Crippen molar-refractivity contribution in [3.8, 4) is 5.75 Å². The fourth-order valence-corrected chi connectivity index (χ4v) is 3.49. The standard InChI is InChI=1S/C22H34N2O4/c1-16(2)18-8-6-10-20(14-18)28-17(3)21(25)24-11-7-9-19(15-24)22(26)23(4)12-13-27-5/h6,8,10,14,16-17,19H,7,9,11-13,15H2,1-5H3/t17-,19+/m1/s1. The number of nitrogens with zero attached hydrogens (tertiary/aromatic N) is 2. The second-order valence-electron chi connectivity index (χ2n) is 7.86. The van der Waals surface area contributed by atoms with Crippen molar-refractivity contribution in [2.24, 2.45) is 5.92 Å². The van der Waals surface area contributed by atoms with E-state index in [-0.39, 0.29) is 17.7 Å². The molecule has 2 atom stereocenters. The highest BCUT2D eigenvalue weighted by Crippen LogP contribution is 2.23. The number of methoxy groups -OCH3 is 1. The highest BCUT2D eigenvalue weighted by Gasteiger charge is 2.32. The van der Waals surface area contributed by atoms with Gasteiger partial charge < -0.3 is 19.3 Å². The van der Waals surface area contributed by atoms with Gasteiger partial charge in [0.2, 0.25) is 5.91 Å². The molecule has 0 spiro atoms. The van der Waals surface area contributed by atoms with Gasteiger partial charge in [-0.25, -0.2) is 0 Å². The lowest BCUT2D eigenvalue weighted by Crippen LogP contribution is -2.49. The summed E-state index contributed by atoms with van der Waals surface area (Å²) in [7, 11) is 3.41. The van der Waals surface area contributed by atoms with Gasteiger partial charge >= 0.3 is 0 Å². The van der Waals surface area contributed by atoms with Gasteiger partial charge in [-0.1, -0.05) is 26.0 Å². The Morgan fingerprint density at radius 2 is 2.04 bits per heavy atom. The SMILES string of the molecule is COCCN(C)C(=O)[C@H]1CCCN(C(=O)[C@@H](C)Oc2cccc(C(C)C)c2)C1. The maximum absolute atomic E-state index is 12.9.